The van der Waals surface area contributed by atoms with Crippen LogP contribution in [0.5, 0.6) is 5.75 Å². The van der Waals surface area contributed by atoms with Crippen molar-refractivity contribution in [2.24, 2.45) is 0 Å². The van der Waals surface area contributed by atoms with Gasteiger partial charge in [-0.05, 0) is 66.3 Å². The zero-order valence-electron chi connectivity index (χ0n) is 19.2. The van der Waals surface area contributed by atoms with Crippen molar-refractivity contribution in [1.82, 2.24) is 0 Å². The summed E-state index contributed by atoms with van der Waals surface area (Å²) in [6.07, 6.45) is 6.21. The minimum atomic E-state index is -0.588. The number of ether oxygens (including phenoxy) is 2. The molecule has 32 heavy (non-hydrogen) atoms. The lowest BCUT2D eigenvalue weighted by molar-refractivity contribution is 0.184. The highest BCUT2D eigenvalue weighted by Gasteiger charge is 2.14. The molecule has 0 aliphatic heterocycles. The van der Waals surface area contributed by atoms with E-state index in [0.29, 0.717) is 11.1 Å². The van der Waals surface area contributed by atoms with Gasteiger partial charge in [0, 0.05) is 7.11 Å². The van der Waals surface area contributed by atoms with Crippen LogP contribution < -0.4 is 4.74 Å². The third-order valence-electron chi connectivity index (χ3n) is 5.58. The molecular formula is C28H32F2O2. The number of hydrogen-bond donors (Lipinski definition) is 0. The van der Waals surface area contributed by atoms with Gasteiger partial charge in [0.1, 0.15) is 17.4 Å². The molecule has 0 radical (unpaired) electrons. The van der Waals surface area contributed by atoms with E-state index in [1.54, 1.807) is 12.1 Å². The molecule has 0 saturated carbocycles. The van der Waals surface area contributed by atoms with Gasteiger partial charge in [0.25, 0.3) is 0 Å². The van der Waals surface area contributed by atoms with Crippen molar-refractivity contribution < 1.29 is 18.3 Å². The molecule has 0 saturated heterocycles. The molecule has 0 amide bonds. The van der Waals surface area contributed by atoms with E-state index < -0.39 is 11.6 Å². The number of hydrogen-bond acceptors (Lipinski definition) is 2. The first-order chi connectivity index (χ1) is 15.5. The van der Waals surface area contributed by atoms with E-state index in [9.17, 15) is 8.78 Å². The molecule has 0 spiro atoms. The average molecular weight is 439 g/mol. The highest BCUT2D eigenvalue weighted by Crippen LogP contribution is 2.30. The zero-order chi connectivity index (χ0) is 22.9. The van der Waals surface area contributed by atoms with Crippen LogP contribution >= 0.6 is 0 Å². The van der Waals surface area contributed by atoms with Gasteiger partial charge in [-0.15, -0.1) is 0 Å². The standard InChI is InChI=1S/C28H32F2O2/c1-4-5-6-7-8-20(2)32-25-15-13-23(14-16-25)22-9-11-24(12-10-22)28-26(29)17-21(19-31-3)18-27(28)30/h9-18,20H,4-8,19H2,1-3H3. The third kappa shape index (κ3) is 6.39. The van der Waals surface area contributed by atoms with Crippen molar-refractivity contribution in [2.75, 3.05) is 7.11 Å². The Morgan fingerprint density at radius 3 is 1.91 bits per heavy atom. The summed E-state index contributed by atoms with van der Waals surface area (Å²) in [5, 5.41) is 0. The Labute approximate surface area is 190 Å². The van der Waals surface area contributed by atoms with Gasteiger partial charge in [0.05, 0.1) is 18.3 Å². The van der Waals surface area contributed by atoms with E-state index in [4.69, 9.17) is 9.47 Å². The van der Waals surface area contributed by atoms with Gasteiger partial charge in [-0.25, -0.2) is 8.78 Å². The van der Waals surface area contributed by atoms with Crippen LogP contribution in [0, 0.1) is 11.6 Å². The fourth-order valence-corrected chi connectivity index (χ4v) is 3.86. The minimum absolute atomic E-state index is 0.0203. The topological polar surface area (TPSA) is 18.5 Å². The highest BCUT2D eigenvalue weighted by atomic mass is 19.1. The molecule has 0 bridgehead atoms. The van der Waals surface area contributed by atoms with Crippen molar-refractivity contribution in [2.45, 2.75) is 58.7 Å². The average Bonchev–Trinajstić information content (AvgIpc) is 2.78. The Bertz CT molecular complexity index is 958. The minimum Gasteiger partial charge on any atom is -0.491 e. The maximum atomic E-state index is 14.5. The molecule has 0 N–H and O–H groups in total. The molecule has 0 fully saturated rings. The van der Waals surface area contributed by atoms with Gasteiger partial charge < -0.3 is 9.47 Å². The van der Waals surface area contributed by atoms with Gasteiger partial charge >= 0.3 is 0 Å². The fraction of sp³-hybridized carbons (Fsp3) is 0.357. The van der Waals surface area contributed by atoms with Crippen LogP contribution in [0.25, 0.3) is 22.3 Å². The molecule has 3 rings (SSSR count). The molecular weight excluding hydrogens is 406 g/mol. The molecule has 1 unspecified atom stereocenters. The Morgan fingerprint density at radius 2 is 1.34 bits per heavy atom. The monoisotopic (exact) mass is 438 g/mol. The smallest absolute Gasteiger partial charge is 0.134 e. The number of rotatable bonds is 11. The quantitative estimate of drug-likeness (QED) is 0.281. The Kier molecular flexibility index (Phi) is 8.81. The van der Waals surface area contributed by atoms with E-state index in [-0.39, 0.29) is 18.3 Å². The summed E-state index contributed by atoms with van der Waals surface area (Å²) in [5.74, 6) is -0.320. The van der Waals surface area contributed by atoms with Crippen molar-refractivity contribution in [3.8, 4) is 28.0 Å². The lowest BCUT2D eigenvalue weighted by Crippen LogP contribution is -2.11. The molecule has 0 aromatic heterocycles. The van der Waals surface area contributed by atoms with Crippen molar-refractivity contribution in [3.63, 3.8) is 0 Å². The number of halogens is 2. The molecule has 1 atom stereocenters. The molecule has 3 aromatic rings. The normalized spacial score (nSPS) is 12.0. The van der Waals surface area contributed by atoms with Crippen LogP contribution in [0.15, 0.2) is 60.7 Å². The van der Waals surface area contributed by atoms with E-state index in [0.717, 1.165) is 23.3 Å². The Hall–Kier alpha value is -2.72. The van der Waals surface area contributed by atoms with E-state index in [1.807, 2.05) is 36.4 Å². The SMILES string of the molecule is CCCCCCC(C)Oc1ccc(-c2ccc(-c3c(F)cc(COC)cc3F)cc2)cc1. The lowest BCUT2D eigenvalue weighted by Gasteiger charge is -2.15. The predicted molar refractivity (Wildman–Crippen MR) is 127 cm³/mol. The summed E-state index contributed by atoms with van der Waals surface area (Å²) < 4.78 is 40.0. The van der Waals surface area contributed by atoms with Crippen molar-refractivity contribution >= 4 is 0 Å². The van der Waals surface area contributed by atoms with Gasteiger partial charge in [-0.2, -0.15) is 0 Å². The summed E-state index contributed by atoms with van der Waals surface area (Å²) >= 11 is 0. The van der Waals surface area contributed by atoms with Crippen molar-refractivity contribution in [1.29, 1.82) is 0 Å². The maximum absolute atomic E-state index is 14.5. The number of unbranched alkanes of at least 4 members (excludes halogenated alkanes) is 3. The zero-order valence-corrected chi connectivity index (χ0v) is 19.2. The Morgan fingerprint density at radius 1 is 0.781 bits per heavy atom. The van der Waals surface area contributed by atoms with Gasteiger partial charge in [0.2, 0.25) is 0 Å². The second-order valence-electron chi connectivity index (χ2n) is 8.25. The number of benzene rings is 3. The third-order valence-corrected chi connectivity index (χ3v) is 5.58. The van der Waals surface area contributed by atoms with E-state index in [1.165, 1.54) is 44.9 Å². The highest BCUT2D eigenvalue weighted by molar-refractivity contribution is 5.71. The number of methoxy groups -OCH3 is 1. The summed E-state index contributed by atoms with van der Waals surface area (Å²) in [6, 6.07) is 17.8. The largest absolute Gasteiger partial charge is 0.491 e. The van der Waals surface area contributed by atoms with Gasteiger partial charge in [-0.3, -0.25) is 0 Å². The maximum Gasteiger partial charge on any atom is 0.134 e. The molecule has 170 valence electrons. The summed E-state index contributed by atoms with van der Waals surface area (Å²) in [6.45, 7) is 4.50. The van der Waals surface area contributed by atoms with Crippen LogP contribution in [0.3, 0.4) is 0 Å². The molecule has 0 aliphatic rings. The molecule has 3 aromatic carbocycles. The van der Waals surface area contributed by atoms with Crippen LogP contribution in [-0.2, 0) is 11.3 Å². The first-order valence-corrected chi connectivity index (χ1v) is 11.4. The van der Waals surface area contributed by atoms with Crippen LogP contribution in [0.1, 0.15) is 51.5 Å². The van der Waals surface area contributed by atoms with Crippen LogP contribution in [-0.4, -0.2) is 13.2 Å². The van der Waals surface area contributed by atoms with Gasteiger partial charge in [0.15, 0.2) is 0 Å². The van der Waals surface area contributed by atoms with E-state index >= 15 is 0 Å². The lowest BCUT2D eigenvalue weighted by atomic mass is 9.98. The summed E-state index contributed by atoms with van der Waals surface area (Å²) in [5.41, 5.74) is 2.96. The second kappa shape index (κ2) is 11.8. The van der Waals surface area contributed by atoms with E-state index in [2.05, 4.69) is 13.8 Å². The summed E-state index contributed by atoms with van der Waals surface area (Å²) in [7, 11) is 1.50. The van der Waals surface area contributed by atoms with Crippen LogP contribution in [0.2, 0.25) is 0 Å². The molecule has 0 heterocycles. The predicted octanol–water partition coefficient (Wildman–Crippen LogP) is 8.18. The first kappa shape index (κ1) is 23.9. The van der Waals surface area contributed by atoms with Crippen LogP contribution in [0.4, 0.5) is 8.78 Å². The second-order valence-corrected chi connectivity index (χ2v) is 8.25. The fourth-order valence-electron chi connectivity index (χ4n) is 3.86. The van der Waals surface area contributed by atoms with Crippen molar-refractivity contribution in [3.05, 3.63) is 77.9 Å². The first-order valence-electron chi connectivity index (χ1n) is 11.4. The summed E-state index contributed by atoms with van der Waals surface area (Å²) in [4.78, 5) is 0. The van der Waals surface area contributed by atoms with Gasteiger partial charge in [-0.1, -0.05) is 62.6 Å². The molecule has 4 heteroatoms. The Balaban J connectivity index is 1.66. The molecule has 2 nitrogen and oxygen atoms in total. The molecule has 0 aliphatic carbocycles.